The minimum Gasteiger partial charge on any atom is -0.306 e. The van der Waals surface area contributed by atoms with Gasteiger partial charge in [0.1, 0.15) is 12.2 Å². The summed E-state index contributed by atoms with van der Waals surface area (Å²) in [6.45, 7) is 1.66. The lowest BCUT2D eigenvalue weighted by atomic mass is 9.98. The van der Waals surface area contributed by atoms with E-state index in [0.717, 1.165) is 10.6 Å². The van der Waals surface area contributed by atoms with Crippen LogP contribution in [-0.4, -0.2) is 39.8 Å². The summed E-state index contributed by atoms with van der Waals surface area (Å²) in [5.41, 5.74) is 0.893. The lowest BCUT2D eigenvalue weighted by molar-refractivity contribution is -0.120. The van der Waals surface area contributed by atoms with E-state index in [4.69, 9.17) is 11.6 Å². The maximum atomic E-state index is 13.2. The van der Waals surface area contributed by atoms with Crippen molar-refractivity contribution in [2.24, 2.45) is 0 Å². The number of thiazole rings is 1. The first-order chi connectivity index (χ1) is 14.9. The van der Waals surface area contributed by atoms with Gasteiger partial charge in [-0.3, -0.25) is 19.3 Å². The van der Waals surface area contributed by atoms with Crippen molar-refractivity contribution >= 4 is 62.8 Å². The predicted molar refractivity (Wildman–Crippen MR) is 122 cm³/mol. The molecule has 0 spiro atoms. The second-order valence-electron chi connectivity index (χ2n) is 7.54. The Morgan fingerprint density at radius 2 is 2.06 bits per heavy atom. The molecule has 2 aliphatic rings. The van der Waals surface area contributed by atoms with Crippen LogP contribution in [0, 0.1) is 0 Å². The Hall–Kier alpha value is -2.75. The Balaban J connectivity index is 1.38. The molecular formula is C21H17ClN4O3S2. The van der Waals surface area contributed by atoms with E-state index in [0.29, 0.717) is 33.6 Å². The standard InChI is InChI=1S/C21H17ClN4O3S2/c1-21-9-8-18(28)26(21)14-5-3-2-4-12(14)19(29)25(21)10-17(27)24-20-23-13(11-30-20)15-6-7-16(22)31-15/h2-7,11H,8-10H2,1H3,(H,23,24,27). The molecule has 158 valence electrons. The number of aromatic nitrogens is 1. The molecule has 1 unspecified atom stereocenters. The SMILES string of the molecule is CC12CCC(=O)N1c1ccccc1C(=O)N2CC(=O)Nc1nc(-c2ccc(Cl)s2)cs1. The van der Waals surface area contributed by atoms with Crippen LogP contribution in [0.4, 0.5) is 10.8 Å². The molecule has 0 aliphatic carbocycles. The average molecular weight is 473 g/mol. The number of nitrogens with one attached hydrogen (secondary N) is 1. The third kappa shape index (κ3) is 3.33. The number of carbonyl (C=O) groups excluding carboxylic acids is 3. The Labute approximate surface area is 191 Å². The van der Waals surface area contributed by atoms with Gasteiger partial charge in [-0.15, -0.1) is 22.7 Å². The number of carbonyl (C=O) groups is 3. The van der Waals surface area contributed by atoms with Crippen molar-refractivity contribution in [2.75, 3.05) is 16.8 Å². The number of anilines is 2. The Morgan fingerprint density at radius 3 is 2.84 bits per heavy atom. The number of hydrogen-bond acceptors (Lipinski definition) is 6. The smallest absolute Gasteiger partial charge is 0.258 e. The fraction of sp³-hybridized carbons (Fsp3) is 0.238. The highest BCUT2D eigenvalue weighted by Gasteiger charge is 2.53. The van der Waals surface area contributed by atoms with Crippen molar-refractivity contribution in [1.82, 2.24) is 9.88 Å². The van der Waals surface area contributed by atoms with E-state index in [1.165, 1.54) is 27.6 Å². The number of fused-ring (bicyclic) bond motifs is 3. The molecule has 3 aromatic rings. The van der Waals surface area contributed by atoms with E-state index in [2.05, 4.69) is 10.3 Å². The Bertz CT molecular complexity index is 1220. The summed E-state index contributed by atoms with van der Waals surface area (Å²) in [5.74, 6) is -0.669. The van der Waals surface area contributed by atoms with Crippen LogP contribution in [0.5, 0.6) is 0 Å². The molecule has 3 amide bonds. The molecule has 1 aromatic carbocycles. The fourth-order valence-electron chi connectivity index (χ4n) is 4.14. The number of hydrogen-bond donors (Lipinski definition) is 1. The largest absolute Gasteiger partial charge is 0.306 e. The van der Waals surface area contributed by atoms with Gasteiger partial charge in [0.25, 0.3) is 5.91 Å². The molecule has 1 atom stereocenters. The first-order valence-corrected chi connectivity index (χ1v) is 11.7. The molecule has 31 heavy (non-hydrogen) atoms. The third-order valence-electron chi connectivity index (χ3n) is 5.62. The minimum atomic E-state index is -0.873. The van der Waals surface area contributed by atoms with Gasteiger partial charge in [-0.2, -0.15) is 0 Å². The second kappa shape index (κ2) is 7.44. The van der Waals surface area contributed by atoms with E-state index >= 15 is 0 Å². The van der Waals surface area contributed by atoms with Gasteiger partial charge in [-0.25, -0.2) is 4.98 Å². The molecule has 0 radical (unpaired) electrons. The number of benzene rings is 1. The van der Waals surface area contributed by atoms with E-state index in [-0.39, 0.29) is 24.3 Å². The highest BCUT2D eigenvalue weighted by atomic mass is 35.5. The van der Waals surface area contributed by atoms with E-state index < -0.39 is 5.66 Å². The lowest BCUT2D eigenvalue weighted by Gasteiger charge is -2.48. The van der Waals surface area contributed by atoms with Gasteiger partial charge >= 0.3 is 0 Å². The van der Waals surface area contributed by atoms with Gasteiger partial charge in [0.2, 0.25) is 11.8 Å². The molecule has 2 aromatic heterocycles. The zero-order valence-corrected chi connectivity index (χ0v) is 18.8. The summed E-state index contributed by atoms with van der Waals surface area (Å²) >= 11 is 8.70. The van der Waals surface area contributed by atoms with Gasteiger partial charge in [0.05, 0.1) is 26.2 Å². The van der Waals surface area contributed by atoms with Crippen molar-refractivity contribution in [3.63, 3.8) is 0 Å². The topological polar surface area (TPSA) is 82.6 Å². The Morgan fingerprint density at radius 1 is 1.26 bits per heavy atom. The van der Waals surface area contributed by atoms with E-state index in [1.807, 2.05) is 18.4 Å². The molecule has 1 fully saturated rings. The predicted octanol–water partition coefficient (Wildman–Crippen LogP) is 4.46. The third-order valence-corrected chi connectivity index (χ3v) is 7.63. The minimum absolute atomic E-state index is 0.0490. The number of thiophene rings is 1. The molecule has 0 bridgehead atoms. The normalized spacial score (nSPS) is 20.1. The van der Waals surface area contributed by atoms with Crippen LogP contribution in [0.15, 0.2) is 41.8 Å². The lowest BCUT2D eigenvalue weighted by Crippen LogP contribution is -2.63. The summed E-state index contributed by atoms with van der Waals surface area (Å²) in [5, 5.41) is 5.07. The molecule has 2 aliphatic heterocycles. The second-order valence-corrected chi connectivity index (χ2v) is 10.1. The summed E-state index contributed by atoms with van der Waals surface area (Å²) < 4.78 is 0.668. The Kier molecular flexibility index (Phi) is 4.84. The van der Waals surface area contributed by atoms with Gasteiger partial charge in [0, 0.05) is 11.8 Å². The summed E-state index contributed by atoms with van der Waals surface area (Å²) in [6, 6.07) is 10.7. The molecule has 1 saturated heterocycles. The van der Waals surface area contributed by atoms with E-state index in [1.54, 1.807) is 35.2 Å². The van der Waals surface area contributed by atoms with Gasteiger partial charge in [0.15, 0.2) is 5.13 Å². The fourth-order valence-corrected chi connectivity index (χ4v) is 5.95. The van der Waals surface area contributed by atoms with Gasteiger partial charge < -0.3 is 10.2 Å². The highest BCUT2D eigenvalue weighted by Crippen LogP contribution is 2.44. The van der Waals surface area contributed by atoms with Gasteiger partial charge in [-0.05, 0) is 37.6 Å². The van der Waals surface area contributed by atoms with Crippen LogP contribution in [0.2, 0.25) is 4.34 Å². The molecule has 7 nitrogen and oxygen atoms in total. The van der Waals surface area contributed by atoms with Crippen LogP contribution < -0.4 is 10.2 Å². The summed E-state index contributed by atoms with van der Waals surface area (Å²) in [4.78, 5) is 47.2. The summed E-state index contributed by atoms with van der Waals surface area (Å²) in [7, 11) is 0. The van der Waals surface area contributed by atoms with Crippen molar-refractivity contribution < 1.29 is 14.4 Å². The van der Waals surface area contributed by atoms with Crippen LogP contribution >= 0.6 is 34.3 Å². The van der Waals surface area contributed by atoms with Crippen LogP contribution in [0.25, 0.3) is 10.6 Å². The zero-order chi connectivity index (χ0) is 21.8. The first kappa shape index (κ1) is 20.2. The number of amides is 3. The molecule has 4 heterocycles. The van der Waals surface area contributed by atoms with Crippen molar-refractivity contribution in [3.8, 4) is 10.6 Å². The maximum Gasteiger partial charge on any atom is 0.258 e. The number of nitrogens with zero attached hydrogens (tertiary/aromatic N) is 3. The maximum absolute atomic E-state index is 13.2. The molecule has 10 heteroatoms. The monoisotopic (exact) mass is 472 g/mol. The van der Waals surface area contributed by atoms with Crippen molar-refractivity contribution in [3.05, 3.63) is 51.7 Å². The zero-order valence-electron chi connectivity index (χ0n) is 16.4. The van der Waals surface area contributed by atoms with Crippen LogP contribution in [0.1, 0.15) is 30.1 Å². The molecular weight excluding hydrogens is 456 g/mol. The molecule has 1 N–H and O–H groups in total. The number of para-hydroxylation sites is 1. The highest BCUT2D eigenvalue weighted by molar-refractivity contribution is 7.20. The number of rotatable bonds is 4. The molecule has 0 saturated carbocycles. The van der Waals surface area contributed by atoms with Crippen molar-refractivity contribution in [2.45, 2.75) is 25.4 Å². The first-order valence-electron chi connectivity index (χ1n) is 9.62. The van der Waals surface area contributed by atoms with E-state index in [9.17, 15) is 14.4 Å². The van der Waals surface area contributed by atoms with Crippen LogP contribution in [-0.2, 0) is 9.59 Å². The summed E-state index contributed by atoms with van der Waals surface area (Å²) in [6.07, 6.45) is 0.801. The quantitative estimate of drug-likeness (QED) is 0.607. The van der Waals surface area contributed by atoms with Crippen molar-refractivity contribution in [1.29, 1.82) is 0 Å². The van der Waals surface area contributed by atoms with Gasteiger partial charge in [-0.1, -0.05) is 23.7 Å². The average Bonchev–Trinajstić information content (AvgIpc) is 3.45. The van der Waals surface area contributed by atoms with Crippen LogP contribution in [0.3, 0.4) is 0 Å². The molecule has 5 rings (SSSR count). The number of halogens is 1.